The van der Waals surface area contributed by atoms with Gasteiger partial charge >= 0.3 is 0 Å². The second-order valence-electron chi connectivity index (χ2n) is 1.97. The topological polar surface area (TPSA) is 61.8 Å². The molecule has 4 nitrogen and oxygen atoms in total. The first kappa shape index (κ1) is 6.22. The van der Waals surface area contributed by atoms with E-state index in [1.54, 1.807) is 6.92 Å². The van der Waals surface area contributed by atoms with Crippen molar-refractivity contribution in [3.05, 3.63) is 12.2 Å². The zero-order chi connectivity index (χ0) is 6.69. The minimum atomic E-state index is -0.360. The predicted octanol–water partition coefficient (Wildman–Crippen LogP) is -0.272. The number of rotatable bonds is 2. The number of aromatic nitrogens is 3. The van der Waals surface area contributed by atoms with Gasteiger partial charge in [-0.25, -0.2) is 4.98 Å². The van der Waals surface area contributed by atoms with Crippen LogP contribution in [0.3, 0.4) is 0 Å². The van der Waals surface area contributed by atoms with Gasteiger partial charge in [-0.05, 0) is 6.92 Å². The third-order valence-electron chi connectivity index (χ3n) is 0.943. The Balaban J connectivity index is 2.48. The molecule has 1 aromatic rings. The fraction of sp³-hybridized carbons (Fsp3) is 0.600. The Bertz CT molecular complexity index is 159. The smallest absolute Gasteiger partial charge is 0.152 e. The Morgan fingerprint density at radius 1 is 1.89 bits per heavy atom. The lowest BCUT2D eigenvalue weighted by Gasteiger charge is -1.95. The highest BCUT2D eigenvalue weighted by Crippen LogP contribution is 1.91. The van der Waals surface area contributed by atoms with E-state index in [0.717, 1.165) is 0 Å². The maximum absolute atomic E-state index is 8.83. The van der Waals surface area contributed by atoms with E-state index >= 15 is 0 Å². The predicted molar refractivity (Wildman–Crippen MR) is 31.8 cm³/mol. The molecule has 1 heterocycles. The molecule has 0 bridgehead atoms. The van der Waals surface area contributed by atoms with Gasteiger partial charge in [0.1, 0.15) is 6.33 Å². The fourth-order valence-electron chi connectivity index (χ4n) is 0.598. The van der Waals surface area contributed by atoms with Gasteiger partial charge in [-0.1, -0.05) is 0 Å². The van der Waals surface area contributed by atoms with Crippen LogP contribution in [0.25, 0.3) is 0 Å². The van der Waals surface area contributed by atoms with Crippen molar-refractivity contribution in [1.82, 2.24) is 15.2 Å². The van der Waals surface area contributed by atoms with Crippen molar-refractivity contribution in [2.75, 3.05) is 0 Å². The van der Waals surface area contributed by atoms with Gasteiger partial charge in [0.2, 0.25) is 0 Å². The Kier molecular flexibility index (Phi) is 1.79. The summed E-state index contributed by atoms with van der Waals surface area (Å²) in [7, 11) is 0. The van der Waals surface area contributed by atoms with E-state index in [9.17, 15) is 0 Å². The number of nitrogens with one attached hydrogen (secondary N) is 1. The van der Waals surface area contributed by atoms with Crippen LogP contribution in [0.2, 0.25) is 0 Å². The average molecular weight is 127 g/mol. The summed E-state index contributed by atoms with van der Waals surface area (Å²) in [6.07, 6.45) is 1.65. The maximum Gasteiger partial charge on any atom is 0.152 e. The molecule has 0 amide bonds. The van der Waals surface area contributed by atoms with Crippen LogP contribution in [0.15, 0.2) is 6.33 Å². The number of aliphatic hydroxyl groups is 1. The summed E-state index contributed by atoms with van der Waals surface area (Å²) in [5, 5.41) is 15.2. The molecule has 50 valence electrons. The van der Waals surface area contributed by atoms with Gasteiger partial charge in [-0.2, -0.15) is 5.10 Å². The molecule has 0 aliphatic heterocycles. The second kappa shape index (κ2) is 2.59. The number of nitrogens with zero attached hydrogens (tertiary/aromatic N) is 2. The molecular formula is C5H9N3O. The van der Waals surface area contributed by atoms with E-state index in [-0.39, 0.29) is 6.10 Å². The highest BCUT2D eigenvalue weighted by molar-refractivity contribution is 4.81. The quantitative estimate of drug-likeness (QED) is 0.574. The lowest BCUT2D eigenvalue weighted by Crippen LogP contribution is -2.05. The Morgan fingerprint density at radius 3 is 3.11 bits per heavy atom. The van der Waals surface area contributed by atoms with Crippen LogP contribution in [0.1, 0.15) is 12.7 Å². The summed E-state index contributed by atoms with van der Waals surface area (Å²) in [6, 6.07) is 0. The molecule has 1 atom stereocenters. The second-order valence-corrected chi connectivity index (χ2v) is 1.97. The molecule has 0 aromatic carbocycles. The molecule has 0 radical (unpaired) electrons. The van der Waals surface area contributed by atoms with Gasteiger partial charge in [0.05, 0.1) is 6.10 Å². The maximum atomic E-state index is 8.83. The van der Waals surface area contributed by atoms with Gasteiger partial charge < -0.3 is 5.11 Å². The van der Waals surface area contributed by atoms with Gasteiger partial charge in [-0.3, -0.25) is 5.10 Å². The lowest BCUT2D eigenvalue weighted by molar-refractivity contribution is 0.193. The Labute approximate surface area is 52.9 Å². The first-order valence-corrected chi connectivity index (χ1v) is 2.82. The minimum Gasteiger partial charge on any atom is -0.393 e. The van der Waals surface area contributed by atoms with Crippen LogP contribution >= 0.6 is 0 Å². The van der Waals surface area contributed by atoms with Crippen molar-refractivity contribution in [3.8, 4) is 0 Å². The average Bonchev–Trinajstić information content (AvgIpc) is 2.15. The number of H-pyrrole nitrogens is 1. The molecule has 0 spiro atoms. The molecule has 1 aromatic heterocycles. The molecule has 0 aliphatic carbocycles. The van der Waals surface area contributed by atoms with E-state index in [2.05, 4.69) is 15.2 Å². The lowest BCUT2D eigenvalue weighted by atomic mass is 10.3. The third kappa shape index (κ3) is 1.81. The summed E-state index contributed by atoms with van der Waals surface area (Å²) >= 11 is 0. The Hall–Kier alpha value is -0.900. The molecule has 0 fully saturated rings. The van der Waals surface area contributed by atoms with E-state index in [4.69, 9.17) is 5.11 Å². The summed E-state index contributed by atoms with van der Waals surface area (Å²) < 4.78 is 0. The highest BCUT2D eigenvalue weighted by Gasteiger charge is 1.99. The molecule has 1 rings (SSSR count). The Morgan fingerprint density at radius 2 is 2.67 bits per heavy atom. The number of hydrogen-bond acceptors (Lipinski definition) is 3. The largest absolute Gasteiger partial charge is 0.393 e. The summed E-state index contributed by atoms with van der Waals surface area (Å²) in [5.41, 5.74) is 0. The van der Waals surface area contributed by atoms with Crippen LogP contribution < -0.4 is 0 Å². The van der Waals surface area contributed by atoms with E-state index in [1.165, 1.54) is 6.33 Å². The van der Waals surface area contributed by atoms with E-state index in [0.29, 0.717) is 12.2 Å². The first-order valence-electron chi connectivity index (χ1n) is 2.82. The molecule has 0 aliphatic rings. The van der Waals surface area contributed by atoms with Crippen molar-refractivity contribution in [2.24, 2.45) is 0 Å². The van der Waals surface area contributed by atoms with Crippen molar-refractivity contribution in [1.29, 1.82) is 0 Å². The molecule has 4 heteroatoms. The third-order valence-corrected chi connectivity index (χ3v) is 0.943. The van der Waals surface area contributed by atoms with Crippen molar-refractivity contribution in [3.63, 3.8) is 0 Å². The summed E-state index contributed by atoms with van der Waals surface area (Å²) in [5.74, 6) is 0.657. The summed E-state index contributed by atoms with van der Waals surface area (Å²) in [6.45, 7) is 1.70. The standard InChI is InChI=1S/C5H9N3O/c1-4(9)2-5-6-3-7-8-5/h3-4,9H,2H2,1H3,(H,6,7,8). The van der Waals surface area contributed by atoms with Gasteiger partial charge in [0.25, 0.3) is 0 Å². The monoisotopic (exact) mass is 127 g/mol. The van der Waals surface area contributed by atoms with Crippen molar-refractivity contribution < 1.29 is 5.11 Å². The number of aromatic amines is 1. The summed E-state index contributed by atoms with van der Waals surface area (Å²) in [4.78, 5) is 3.83. The molecular weight excluding hydrogens is 118 g/mol. The van der Waals surface area contributed by atoms with Crippen LogP contribution in [0.4, 0.5) is 0 Å². The van der Waals surface area contributed by atoms with E-state index < -0.39 is 0 Å². The van der Waals surface area contributed by atoms with Crippen LogP contribution in [-0.2, 0) is 6.42 Å². The zero-order valence-electron chi connectivity index (χ0n) is 5.20. The zero-order valence-corrected chi connectivity index (χ0v) is 5.20. The van der Waals surface area contributed by atoms with Gasteiger partial charge in [-0.15, -0.1) is 0 Å². The number of hydrogen-bond donors (Lipinski definition) is 2. The molecule has 1 unspecified atom stereocenters. The van der Waals surface area contributed by atoms with Gasteiger partial charge in [0, 0.05) is 6.42 Å². The van der Waals surface area contributed by atoms with Crippen LogP contribution in [-0.4, -0.2) is 26.4 Å². The highest BCUT2D eigenvalue weighted by atomic mass is 16.3. The van der Waals surface area contributed by atoms with E-state index in [1.807, 2.05) is 0 Å². The van der Waals surface area contributed by atoms with Crippen LogP contribution in [0.5, 0.6) is 0 Å². The van der Waals surface area contributed by atoms with Crippen molar-refractivity contribution in [2.45, 2.75) is 19.4 Å². The molecule has 0 saturated heterocycles. The minimum absolute atomic E-state index is 0.360. The fourth-order valence-corrected chi connectivity index (χ4v) is 0.598. The van der Waals surface area contributed by atoms with Crippen molar-refractivity contribution >= 4 is 0 Å². The normalized spacial score (nSPS) is 13.6. The van der Waals surface area contributed by atoms with Crippen LogP contribution in [0, 0.1) is 0 Å². The molecule has 2 N–H and O–H groups in total. The number of aliphatic hydroxyl groups excluding tert-OH is 1. The SMILES string of the molecule is CC(O)Cc1nc[nH]n1. The first-order chi connectivity index (χ1) is 4.29. The molecule has 0 saturated carbocycles. The molecule has 9 heavy (non-hydrogen) atoms. The van der Waals surface area contributed by atoms with Gasteiger partial charge in [0.15, 0.2) is 5.82 Å².